The monoisotopic (exact) mass is 395 g/mol. The van der Waals surface area contributed by atoms with Crippen molar-refractivity contribution < 1.29 is 19.7 Å². The normalized spacial score (nSPS) is 14.0. The molecule has 0 bridgehead atoms. The van der Waals surface area contributed by atoms with Crippen molar-refractivity contribution in [3.8, 4) is 11.1 Å². The molecule has 0 spiro atoms. The van der Waals surface area contributed by atoms with E-state index in [9.17, 15) is 10.2 Å². The van der Waals surface area contributed by atoms with Gasteiger partial charge in [0.1, 0.15) is 18.4 Å². The summed E-state index contributed by atoms with van der Waals surface area (Å²) in [6, 6.07) is 16.1. The first kappa shape index (κ1) is 21.0. The highest BCUT2D eigenvalue weighted by atomic mass is 16.5. The number of aliphatic hydroxyl groups is 2. The van der Waals surface area contributed by atoms with Crippen LogP contribution in [0.3, 0.4) is 0 Å². The second-order valence-corrected chi connectivity index (χ2v) is 7.98. The molecular weight excluding hydrogens is 366 g/mol. The van der Waals surface area contributed by atoms with Gasteiger partial charge in [-0.15, -0.1) is 0 Å². The fourth-order valence-corrected chi connectivity index (χ4v) is 3.51. The third kappa shape index (κ3) is 5.19. The van der Waals surface area contributed by atoms with Gasteiger partial charge in [0.2, 0.25) is 0 Å². The van der Waals surface area contributed by atoms with Gasteiger partial charge in [-0.25, -0.2) is 0 Å². The highest BCUT2D eigenvalue weighted by Crippen LogP contribution is 2.44. The lowest BCUT2D eigenvalue weighted by atomic mass is 9.98. The Labute approximate surface area is 172 Å². The molecule has 0 aliphatic heterocycles. The maximum Gasteiger partial charge on any atom is 0.179 e. The van der Waals surface area contributed by atoms with Gasteiger partial charge in [0, 0.05) is 5.92 Å². The molecule has 0 aromatic heterocycles. The summed E-state index contributed by atoms with van der Waals surface area (Å²) < 4.78 is 11.4. The Morgan fingerprint density at radius 3 is 2.14 bits per heavy atom. The molecule has 5 heteroatoms. The first-order valence-electron chi connectivity index (χ1n) is 9.70. The van der Waals surface area contributed by atoms with Crippen LogP contribution in [0.4, 0.5) is 0 Å². The summed E-state index contributed by atoms with van der Waals surface area (Å²) in [5, 5.41) is 22.6. The lowest BCUT2D eigenvalue weighted by Crippen LogP contribution is -2.37. The molecule has 0 saturated heterocycles. The topological polar surface area (TPSA) is 71.0 Å². The first-order valence-corrected chi connectivity index (χ1v) is 9.70. The molecule has 1 aliphatic rings. The van der Waals surface area contributed by atoms with Gasteiger partial charge in [0.05, 0.1) is 18.8 Å². The quantitative estimate of drug-likeness (QED) is 0.528. The molecule has 0 fully saturated rings. The number of hydrogen-bond acceptors (Lipinski definition) is 5. The molecule has 5 nitrogen and oxygen atoms in total. The van der Waals surface area contributed by atoms with Crippen molar-refractivity contribution in [2.24, 2.45) is 0 Å². The molecule has 0 amide bonds. The SMILES string of the molecule is C=C(N[C@@H](COCC(C)(C)O)C(=C)O)OCC1c2ccccc2-c2ccccc21. The minimum atomic E-state index is -0.946. The molecule has 2 aromatic rings. The second-order valence-electron chi connectivity index (χ2n) is 7.98. The summed E-state index contributed by atoms with van der Waals surface area (Å²) in [6.07, 6.45) is 0. The van der Waals surface area contributed by atoms with Crippen molar-refractivity contribution in [3.05, 3.63) is 84.5 Å². The number of rotatable bonds is 10. The van der Waals surface area contributed by atoms with Crippen molar-refractivity contribution in [2.45, 2.75) is 31.4 Å². The highest BCUT2D eigenvalue weighted by Gasteiger charge is 2.28. The largest absolute Gasteiger partial charge is 0.511 e. The minimum absolute atomic E-state index is 0.0814. The second kappa shape index (κ2) is 8.72. The van der Waals surface area contributed by atoms with Crippen molar-refractivity contribution in [3.63, 3.8) is 0 Å². The molecule has 2 aromatic carbocycles. The zero-order valence-electron chi connectivity index (χ0n) is 17.0. The highest BCUT2D eigenvalue weighted by molar-refractivity contribution is 5.78. The molecule has 3 rings (SSSR count). The van der Waals surface area contributed by atoms with E-state index >= 15 is 0 Å². The van der Waals surface area contributed by atoms with Crippen LogP contribution in [0.15, 0.2) is 73.3 Å². The number of benzene rings is 2. The number of aliphatic hydroxyl groups excluding tert-OH is 1. The summed E-state index contributed by atoms with van der Waals surface area (Å²) in [5.74, 6) is 0.365. The Bertz CT molecular complexity index is 839. The molecule has 0 heterocycles. The van der Waals surface area contributed by atoms with Crippen LogP contribution in [0.25, 0.3) is 11.1 Å². The third-order valence-corrected chi connectivity index (χ3v) is 4.86. The van der Waals surface area contributed by atoms with E-state index in [1.54, 1.807) is 13.8 Å². The Morgan fingerprint density at radius 2 is 1.62 bits per heavy atom. The standard InChI is InChI=1S/C24H29NO4/c1-16(26)23(14-28-15-24(3,4)27)25-17(2)29-13-22-20-11-7-5-9-18(20)19-10-6-8-12-21(19)22/h5-12,22-23,25-27H,1-2,13-15H2,3-4H3/t23-/m0/s1. The zero-order chi connectivity index (χ0) is 21.0. The fourth-order valence-electron chi connectivity index (χ4n) is 3.51. The average Bonchev–Trinajstić information content (AvgIpc) is 2.98. The van der Waals surface area contributed by atoms with E-state index < -0.39 is 11.6 Å². The predicted octanol–water partition coefficient (Wildman–Crippen LogP) is 4.10. The van der Waals surface area contributed by atoms with Crippen molar-refractivity contribution in [1.29, 1.82) is 0 Å². The molecule has 1 aliphatic carbocycles. The van der Waals surface area contributed by atoms with Crippen LogP contribution >= 0.6 is 0 Å². The van der Waals surface area contributed by atoms with E-state index in [-0.39, 0.29) is 24.9 Å². The van der Waals surface area contributed by atoms with E-state index in [2.05, 4.69) is 42.7 Å². The summed E-state index contributed by atoms with van der Waals surface area (Å²) in [6.45, 7) is 11.5. The van der Waals surface area contributed by atoms with Crippen molar-refractivity contribution >= 4 is 0 Å². The van der Waals surface area contributed by atoms with Gasteiger partial charge in [-0.1, -0.05) is 55.1 Å². The molecule has 0 radical (unpaired) electrons. The average molecular weight is 395 g/mol. The fraction of sp³-hybridized carbons (Fsp3) is 0.333. The molecule has 154 valence electrons. The van der Waals surface area contributed by atoms with Crippen LogP contribution in [-0.2, 0) is 9.47 Å². The Balaban J connectivity index is 1.61. The zero-order valence-corrected chi connectivity index (χ0v) is 17.0. The van der Waals surface area contributed by atoms with Gasteiger partial charge in [-0.2, -0.15) is 0 Å². The van der Waals surface area contributed by atoms with E-state index in [4.69, 9.17) is 9.47 Å². The summed E-state index contributed by atoms with van der Waals surface area (Å²) in [7, 11) is 0. The van der Waals surface area contributed by atoms with Gasteiger partial charge < -0.3 is 25.0 Å². The maximum atomic E-state index is 9.83. The Morgan fingerprint density at radius 1 is 1.07 bits per heavy atom. The van der Waals surface area contributed by atoms with Crippen LogP contribution in [0.1, 0.15) is 30.9 Å². The van der Waals surface area contributed by atoms with Crippen LogP contribution in [0, 0.1) is 0 Å². The molecule has 1 atom stereocenters. The summed E-state index contributed by atoms with van der Waals surface area (Å²) >= 11 is 0. The number of hydrogen-bond donors (Lipinski definition) is 3. The van der Waals surface area contributed by atoms with Gasteiger partial charge in [0.15, 0.2) is 5.88 Å². The minimum Gasteiger partial charge on any atom is -0.511 e. The summed E-state index contributed by atoms with van der Waals surface area (Å²) in [4.78, 5) is 0. The van der Waals surface area contributed by atoms with Gasteiger partial charge in [-0.05, 0) is 42.7 Å². The number of fused-ring (bicyclic) bond motifs is 3. The predicted molar refractivity (Wildman–Crippen MR) is 115 cm³/mol. The smallest absolute Gasteiger partial charge is 0.179 e. The Hall–Kier alpha value is -2.76. The number of nitrogens with one attached hydrogen (secondary N) is 1. The summed E-state index contributed by atoms with van der Waals surface area (Å²) in [5.41, 5.74) is 3.99. The van der Waals surface area contributed by atoms with Crippen LogP contribution in [0.5, 0.6) is 0 Å². The molecular formula is C24H29NO4. The van der Waals surface area contributed by atoms with E-state index in [0.717, 1.165) is 0 Å². The lowest BCUT2D eigenvalue weighted by molar-refractivity contribution is -0.0267. The number of ether oxygens (including phenoxy) is 2. The van der Waals surface area contributed by atoms with Gasteiger partial charge >= 0.3 is 0 Å². The molecule has 0 saturated carbocycles. The van der Waals surface area contributed by atoms with Gasteiger partial charge in [-0.3, -0.25) is 0 Å². The Kier molecular flexibility index (Phi) is 6.30. The van der Waals surface area contributed by atoms with Crippen molar-refractivity contribution in [2.75, 3.05) is 19.8 Å². The van der Waals surface area contributed by atoms with Crippen molar-refractivity contribution in [1.82, 2.24) is 5.32 Å². The molecule has 0 unspecified atom stereocenters. The lowest BCUT2D eigenvalue weighted by Gasteiger charge is -2.24. The van der Waals surface area contributed by atoms with Crippen LogP contribution < -0.4 is 5.32 Å². The van der Waals surface area contributed by atoms with E-state index in [1.165, 1.54) is 22.3 Å². The van der Waals surface area contributed by atoms with Crippen LogP contribution in [0.2, 0.25) is 0 Å². The van der Waals surface area contributed by atoms with Crippen LogP contribution in [-0.4, -0.2) is 41.7 Å². The molecule has 3 N–H and O–H groups in total. The van der Waals surface area contributed by atoms with E-state index in [1.807, 2.05) is 24.3 Å². The van der Waals surface area contributed by atoms with Gasteiger partial charge in [0.25, 0.3) is 0 Å². The third-order valence-electron chi connectivity index (χ3n) is 4.86. The van der Waals surface area contributed by atoms with E-state index in [0.29, 0.717) is 12.5 Å². The molecule has 29 heavy (non-hydrogen) atoms. The first-order chi connectivity index (χ1) is 13.8. The maximum absolute atomic E-state index is 9.83.